The molecule has 1 N–H and O–H groups in total. The fourth-order valence-corrected chi connectivity index (χ4v) is 5.56. The first-order chi connectivity index (χ1) is 18.6. The summed E-state index contributed by atoms with van der Waals surface area (Å²) in [6.45, 7) is 3.64. The van der Waals surface area contributed by atoms with Crippen LogP contribution in [0.4, 0.5) is 10.5 Å². The molecule has 0 atom stereocenters. The van der Waals surface area contributed by atoms with Gasteiger partial charge in [0, 0.05) is 25.8 Å². The van der Waals surface area contributed by atoms with E-state index in [0.717, 1.165) is 32.3 Å². The molecule has 3 amide bonds. The van der Waals surface area contributed by atoms with Crippen molar-refractivity contribution in [1.82, 2.24) is 4.90 Å². The summed E-state index contributed by atoms with van der Waals surface area (Å²) in [7, 11) is 1.47. The van der Waals surface area contributed by atoms with Crippen LogP contribution in [0.2, 0.25) is 10.0 Å². The number of methoxy groups -OCH3 is 1. The molecule has 3 aromatic carbocycles. The molecule has 202 valence electrons. The topological polar surface area (TPSA) is 84.9 Å². The standard InChI is InChI=1S/C28H23BrCl2N2O5S/c1-15-16(2)22(9-8-19(15)29)32-26(34)14-38-23-10-7-17(11-24(23)37-3)12-25-27(35)33(28(36)39-25)13-18-20(30)5-4-6-21(18)31/h4-12H,13-14H2,1-3H3,(H,32,34)/b25-12+. The van der Waals surface area contributed by atoms with Gasteiger partial charge in [-0.2, -0.15) is 0 Å². The molecule has 1 saturated heterocycles. The number of benzene rings is 3. The van der Waals surface area contributed by atoms with E-state index in [1.54, 1.807) is 42.5 Å². The first-order valence-electron chi connectivity index (χ1n) is 11.6. The molecule has 3 aromatic rings. The minimum absolute atomic E-state index is 0.0297. The van der Waals surface area contributed by atoms with E-state index in [0.29, 0.717) is 38.4 Å². The first-order valence-corrected chi connectivity index (χ1v) is 14.0. The Balaban J connectivity index is 1.44. The van der Waals surface area contributed by atoms with Crippen molar-refractivity contribution in [2.75, 3.05) is 19.0 Å². The molecule has 11 heteroatoms. The third-order valence-electron chi connectivity index (χ3n) is 6.09. The maximum Gasteiger partial charge on any atom is 0.293 e. The molecule has 1 aliphatic heterocycles. The maximum absolute atomic E-state index is 13.0. The van der Waals surface area contributed by atoms with Crippen LogP contribution in [-0.2, 0) is 16.1 Å². The van der Waals surface area contributed by atoms with Crippen LogP contribution in [0.3, 0.4) is 0 Å². The second-order valence-corrected chi connectivity index (χ2v) is 11.2. The summed E-state index contributed by atoms with van der Waals surface area (Å²) >= 11 is 16.7. The van der Waals surface area contributed by atoms with Gasteiger partial charge in [0.05, 0.1) is 18.6 Å². The molecule has 7 nitrogen and oxygen atoms in total. The van der Waals surface area contributed by atoms with Crippen LogP contribution >= 0.6 is 50.9 Å². The lowest BCUT2D eigenvalue weighted by molar-refractivity contribution is -0.123. The Morgan fingerprint density at radius 3 is 2.46 bits per heavy atom. The Kier molecular flexibility index (Phi) is 9.27. The van der Waals surface area contributed by atoms with Gasteiger partial charge in [0.15, 0.2) is 18.1 Å². The molecule has 0 aliphatic carbocycles. The highest BCUT2D eigenvalue weighted by molar-refractivity contribution is 9.10. The number of hydrogen-bond acceptors (Lipinski definition) is 6. The van der Waals surface area contributed by atoms with Gasteiger partial charge in [-0.25, -0.2) is 0 Å². The molecule has 0 unspecified atom stereocenters. The van der Waals surface area contributed by atoms with Gasteiger partial charge in [-0.1, -0.05) is 51.3 Å². The summed E-state index contributed by atoms with van der Waals surface area (Å²) in [5, 5.41) is 3.19. The average Bonchev–Trinajstić information content (AvgIpc) is 3.17. The number of thioether (sulfide) groups is 1. The zero-order valence-electron chi connectivity index (χ0n) is 21.1. The molecule has 0 radical (unpaired) electrons. The van der Waals surface area contributed by atoms with E-state index in [1.165, 1.54) is 7.11 Å². The van der Waals surface area contributed by atoms with E-state index >= 15 is 0 Å². The number of halogens is 3. The van der Waals surface area contributed by atoms with Gasteiger partial charge in [0.2, 0.25) is 0 Å². The number of ether oxygens (including phenoxy) is 2. The minimum Gasteiger partial charge on any atom is -0.493 e. The van der Waals surface area contributed by atoms with Crippen LogP contribution in [0.15, 0.2) is 57.9 Å². The number of rotatable bonds is 8. The normalized spacial score (nSPS) is 14.2. The number of nitrogens with zero attached hydrogens (tertiary/aromatic N) is 1. The molecule has 1 fully saturated rings. The zero-order valence-corrected chi connectivity index (χ0v) is 25.1. The Hall–Kier alpha value is -2.98. The average molecular weight is 650 g/mol. The fraction of sp³-hybridized carbons (Fsp3) is 0.179. The van der Waals surface area contributed by atoms with Gasteiger partial charge in [0.1, 0.15) is 0 Å². The Morgan fingerprint density at radius 1 is 1.05 bits per heavy atom. The van der Waals surface area contributed by atoms with Crippen LogP contribution in [0, 0.1) is 13.8 Å². The SMILES string of the molecule is COc1cc(/C=C2/SC(=O)N(Cc3c(Cl)cccc3Cl)C2=O)ccc1OCC(=O)Nc1ccc(Br)c(C)c1C. The quantitative estimate of drug-likeness (QED) is 0.253. The van der Waals surface area contributed by atoms with E-state index in [2.05, 4.69) is 21.2 Å². The van der Waals surface area contributed by atoms with Gasteiger partial charge < -0.3 is 14.8 Å². The van der Waals surface area contributed by atoms with Crippen LogP contribution < -0.4 is 14.8 Å². The third-order valence-corrected chi connectivity index (χ3v) is 8.57. The highest BCUT2D eigenvalue weighted by Crippen LogP contribution is 2.37. The van der Waals surface area contributed by atoms with E-state index in [4.69, 9.17) is 32.7 Å². The molecule has 0 spiro atoms. The molecule has 0 bridgehead atoms. The number of carbonyl (C=O) groups excluding carboxylic acids is 3. The van der Waals surface area contributed by atoms with Crippen LogP contribution in [0.1, 0.15) is 22.3 Å². The van der Waals surface area contributed by atoms with Gasteiger partial charge in [-0.15, -0.1) is 0 Å². The van der Waals surface area contributed by atoms with E-state index in [9.17, 15) is 14.4 Å². The second-order valence-electron chi connectivity index (χ2n) is 8.56. The van der Waals surface area contributed by atoms with Crippen molar-refractivity contribution in [1.29, 1.82) is 0 Å². The maximum atomic E-state index is 13.0. The van der Waals surface area contributed by atoms with Crippen molar-refractivity contribution in [3.63, 3.8) is 0 Å². The summed E-state index contributed by atoms with van der Waals surface area (Å²) in [6, 6.07) is 13.7. The van der Waals surface area contributed by atoms with Crippen molar-refractivity contribution >= 4 is 79.7 Å². The molecule has 39 heavy (non-hydrogen) atoms. The summed E-state index contributed by atoms with van der Waals surface area (Å²) in [5.74, 6) is -0.0436. The summed E-state index contributed by atoms with van der Waals surface area (Å²) in [4.78, 5) is 39.4. The third kappa shape index (κ3) is 6.61. The van der Waals surface area contributed by atoms with Crippen LogP contribution in [0.5, 0.6) is 11.5 Å². The monoisotopic (exact) mass is 648 g/mol. The van der Waals surface area contributed by atoms with E-state index in [1.807, 2.05) is 26.0 Å². The predicted octanol–water partition coefficient (Wildman–Crippen LogP) is 7.64. The molecular formula is C28H23BrCl2N2O5S. The van der Waals surface area contributed by atoms with Crippen molar-refractivity contribution in [3.05, 3.63) is 90.2 Å². The first kappa shape index (κ1) is 29.0. The van der Waals surface area contributed by atoms with E-state index in [-0.39, 0.29) is 24.0 Å². The highest BCUT2D eigenvalue weighted by Gasteiger charge is 2.35. The van der Waals surface area contributed by atoms with Crippen LogP contribution in [-0.4, -0.2) is 35.7 Å². The molecule has 0 saturated carbocycles. The number of anilines is 1. The number of carbonyl (C=O) groups is 3. The molecule has 4 rings (SSSR count). The lowest BCUT2D eigenvalue weighted by Gasteiger charge is -2.15. The van der Waals surface area contributed by atoms with E-state index < -0.39 is 11.1 Å². The van der Waals surface area contributed by atoms with Crippen molar-refractivity contribution in [2.45, 2.75) is 20.4 Å². The zero-order chi connectivity index (χ0) is 28.3. The summed E-state index contributed by atoms with van der Waals surface area (Å²) in [5.41, 5.74) is 3.82. The molecule has 1 heterocycles. The predicted molar refractivity (Wildman–Crippen MR) is 159 cm³/mol. The minimum atomic E-state index is -0.449. The number of nitrogens with one attached hydrogen (secondary N) is 1. The Bertz CT molecular complexity index is 1490. The molecule has 1 aliphatic rings. The van der Waals surface area contributed by atoms with Crippen LogP contribution in [0.25, 0.3) is 6.08 Å². The summed E-state index contributed by atoms with van der Waals surface area (Å²) in [6.07, 6.45) is 1.59. The van der Waals surface area contributed by atoms with Crippen molar-refractivity contribution in [3.8, 4) is 11.5 Å². The molecule has 0 aromatic heterocycles. The number of imide groups is 1. The summed E-state index contributed by atoms with van der Waals surface area (Å²) < 4.78 is 12.1. The Labute approximate surface area is 248 Å². The lowest BCUT2D eigenvalue weighted by atomic mass is 10.1. The largest absolute Gasteiger partial charge is 0.493 e. The highest BCUT2D eigenvalue weighted by atomic mass is 79.9. The molecular weight excluding hydrogens is 627 g/mol. The number of hydrogen-bond donors (Lipinski definition) is 1. The Morgan fingerprint density at radius 2 is 1.77 bits per heavy atom. The van der Waals surface area contributed by atoms with Gasteiger partial charge >= 0.3 is 0 Å². The van der Waals surface area contributed by atoms with Crippen molar-refractivity contribution < 1.29 is 23.9 Å². The lowest BCUT2D eigenvalue weighted by Crippen LogP contribution is -2.27. The van der Waals surface area contributed by atoms with Crippen molar-refractivity contribution in [2.24, 2.45) is 0 Å². The van der Waals surface area contributed by atoms with Gasteiger partial charge in [0.25, 0.3) is 17.1 Å². The van der Waals surface area contributed by atoms with Gasteiger partial charge in [-0.3, -0.25) is 19.3 Å². The second kappa shape index (κ2) is 12.5. The number of amides is 3. The van der Waals surface area contributed by atoms with Gasteiger partial charge in [-0.05, 0) is 84.8 Å². The fourth-order valence-electron chi connectivity index (χ4n) is 3.77. The smallest absolute Gasteiger partial charge is 0.293 e.